The number of hydrogen-bond donors (Lipinski definition) is 0. The van der Waals surface area contributed by atoms with Crippen LogP contribution in [0.25, 0.3) is 0 Å². The molecule has 9 nitrogen and oxygen atoms in total. The molecule has 0 radical (unpaired) electrons. The summed E-state index contributed by atoms with van der Waals surface area (Å²) in [6.07, 6.45) is 0. The molecule has 0 aromatic rings. The zero-order valence-electron chi connectivity index (χ0n) is 6.01. The fraction of sp³-hybridized carbons (Fsp3) is 0. The van der Waals surface area contributed by atoms with E-state index in [4.69, 9.17) is 0 Å². The van der Waals surface area contributed by atoms with Crippen molar-refractivity contribution in [2.45, 2.75) is 0 Å². The summed E-state index contributed by atoms with van der Waals surface area (Å²) >= 11 is -3.33. The van der Waals surface area contributed by atoms with Crippen LogP contribution in [-0.4, -0.2) is 60.3 Å². The van der Waals surface area contributed by atoms with E-state index in [9.17, 15) is 16.5 Å². The summed E-state index contributed by atoms with van der Waals surface area (Å²) in [7, 11) is -6.01. The molecule has 0 heterocycles. The van der Waals surface area contributed by atoms with Crippen LogP contribution in [0.4, 0.5) is 0 Å². The SMILES string of the molecule is O.O.[O]=[Al][O][Si](=O)O[Si](=O)[O][Al]=[O]. The number of hydrogen-bond acceptors (Lipinski definition) is 7. The van der Waals surface area contributed by atoms with Gasteiger partial charge in [-0.2, -0.15) is 0 Å². The quantitative estimate of drug-likeness (QED) is 0.440. The minimum absolute atomic E-state index is 0. The average Bonchev–Trinajstić information content (AvgIpc) is 1.87. The Kier molecular flexibility index (Phi) is 17.3. The fourth-order valence-electron chi connectivity index (χ4n) is 0.195. The second-order valence-corrected chi connectivity index (χ2v) is 5.12. The normalized spacial score (nSPS) is 5.85. The summed E-state index contributed by atoms with van der Waals surface area (Å²) in [6.45, 7) is 0. The molecule has 72 valence electrons. The van der Waals surface area contributed by atoms with Gasteiger partial charge in [0, 0.05) is 0 Å². The van der Waals surface area contributed by atoms with Gasteiger partial charge in [-0.25, -0.2) is 0 Å². The van der Waals surface area contributed by atoms with Crippen molar-refractivity contribution in [1.82, 2.24) is 0 Å². The van der Waals surface area contributed by atoms with Crippen molar-refractivity contribution >= 4 is 49.3 Å². The molecule has 0 amide bonds. The zero-order chi connectivity index (χ0) is 8.69. The molecular formula is H4Al2O9Si2. The Labute approximate surface area is 87.9 Å². The standard InChI is InChI=1S/2Al.O5Si2.2H2O.2O/c;;1-6(2)5-7(3)4;;;;/h;;;2*1H2;;/q2*+1;-2;;;;. The Morgan fingerprint density at radius 2 is 1.15 bits per heavy atom. The van der Waals surface area contributed by atoms with Crippen LogP contribution in [0.3, 0.4) is 0 Å². The van der Waals surface area contributed by atoms with Crippen molar-refractivity contribution in [1.29, 1.82) is 0 Å². The maximum atomic E-state index is 10.3. The van der Waals surface area contributed by atoms with Crippen LogP contribution in [0.5, 0.6) is 0 Å². The van der Waals surface area contributed by atoms with Gasteiger partial charge in [-0.1, -0.05) is 0 Å². The Bertz CT molecular complexity index is 168. The van der Waals surface area contributed by atoms with E-state index in [0.29, 0.717) is 0 Å². The number of rotatable bonds is 6. The Morgan fingerprint density at radius 3 is 1.38 bits per heavy atom. The van der Waals surface area contributed by atoms with Crippen LogP contribution < -0.4 is 0 Å². The van der Waals surface area contributed by atoms with Gasteiger partial charge >= 0.3 is 76.9 Å². The molecule has 0 saturated heterocycles. The topological polar surface area (TPSA) is 159 Å². The van der Waals surface area contributed by atoms with Gasteiger partial charge in [-0.3, -0.25) is 0 Å². The van der Waals surface area contributed by atoms with E-state index in [1.165, 1.54) is 0 Å². The van der Waals surface area contributed by atoms with Gasteiger partial charge in [-0.15, -0.1) is 0 Å². The monoisotopic (exact) mass is 258 g/mol. The summed E-state index contributed by atoms with van der Waals surface area (Å²) in [6, 6.07) is 0. The van der Waals surface area contributed by atoms with Crippen molar-refractivity contribution in [3.63, 3.8) is 0 Å². The predicted molar refractivity (Wildman–Crippen MR) is 36.2 cm³/mol. The van der Waals surface area contributed by atoms with E-state index in [1.54, 1.807) is 0 Å². The Balaban J connectivity index is -0.000000500. The van der Waals surface area contributed by atoms with E-state index in [-0.39, 0.29) is 11.0 Å². The molecule has 0 aliphatic rings. The molecule has 13 heteroatoms. The van der Waals surface area contributed by atoms with Crippen LogP contribution in [-0.2, 0) is 27.6 Å². The minimum atomic E-state index is -3.00. The summed E-state index contributed by atoms with van der Waals surface area (Å²) in [5, 5.41) is 0. The molecule has 0 fully saturated rings. The predicted octanol–water partition coefficient (Wildman–Crippen LogP) is -3.85. The first kappa shape index (κ1) is 18.7. The maximum absolute atomic E-state index is 10.3. The molecule has 0 saturated carbocycles. The van der Waals surface area contributed by atoms with E-state index in [2.05, 4.69) is 11.1 Å². The molecule has 0 aromatic carbocycles. The van der Waals surface area contributed by atoms with E-state index < -0.39 is 49.3 Å². The molecule has 0 unspecified atom stereocenters. The summed E-state index contributed by atoms with van der Waals surface area (Å²) in [5.41, 5.74) is 0. The molecular weight excluding hydrogens is 254 g/mol. The van der Waals surface area contributed by atoms with E-state index in [0.717, 1.165) is 0 Å². The second-order valence-electron chi connectivity index (χ2n) is 1.03. The first-order valence-electron chi connectivity index (χ1n) is 2.17. The van der Waals surface area contributed by atoms with Gasteiger partial charge in [0.25, 0.3) is 0 Å². The third-order valence-electron chi connectivity index (χ3n) is 0.455. The molecule has 0 aliphatic heterocycles. The van der Waals surface area contributed by atoms with E-state index >= 15 is 0 Å². The van der Waals surface area contributed by atoms with Gasteiger partial charge in [-0.05, 0) is 0 Å². The Morgan fingerprint density at radius 1 is 0.846 bits per heavy atom. The molecule has 0 bridgehead atoms. The summed E-state index contributed by atoms with van der Waals surface area (Å²) in [5.74, 6) is 0. The molecule has 13 heavy (non-hydrogen) atoms. The van der Waals surface area contributed by atoms with Crippen molar-refractivity contribution < 1.29 is 38.6 Å². The average molecular weight is 258 g/mol. The van der Waals surface area contributed by atoms with Crippen LogP contribution in [0.2, 0.25) is 0 Å². The van der Waals surface area contributed by atoms with Crippen molar-refractivity contribution in [3.8, 4) is 0 Å². The van der Waals surface area contributed by atoms with Crippen molar-refractivity contribution in [3.05, 3.63) is 0 Å². The van der Waals surface area contributed by atoms with Crippen molar-refractivity contribution in [2.75, 3.05) is 0 Å². The third-order valence-corrected chi connectivity index (χ3v) is 4.10. The first-order valence-corrected chi connectivity index (χ1v) is 6.50. The second kappa shape index (κ2) is 12.0. The van der Waals surface area contributed by atoms with Crippen LogP contribution >= 0.6 is 0 Å². The first-order chi connectivity index (χ1) is 5.20. The van der Waals surface area contributed by atoms with Gasteiger partial charge in [0.1, 0.15) is 0 Å². The molecule has 0 aliphatic carbocycles. The van der Waals surface area contributed by atoms with E-state index in [1.807, 2.05) is 0 Å². The zero-order valence-corrected chi connectivity index (χ0v) is 10.3. The summed E-state index contributed by atoms with van der Waals surface area (Å²) < 4.78 is 52.0. The van der Waals surface area contributed by atoms with Gasteiger partial charge in [0.2, 0.25) is 0 Å². The Hall–Kier alpha value is 0.0187. The fourth-order valence-corrected chi connectivity index (χ4v) is 2.62. The molecule has 0 spiro atoms. The molecule has 0 atom stereocenters. The van der Waals surface area contributed by atoms with Crippen LogP contribution in [0, 0.1) is 0 Å². The van der Waals surface area contributed by atoms with Gasteiger partial charge in [0.05, 0.1) is 0 Å². The van der Waals surface area contributed by atoms with Crippen molar-refractivity contribution in [2.24, 2.45) is 0 Å². The van der Waals surface area contributed by atoms with Gasteiger partial charge < -0.3 is 11.0 Å². The third kappa shape index (κ3) is 12.0. The van der Waals surface area contributed by atoms with Crippen LogP contribution in [0.1, 0.15) is 0 Å². The molecule has 4 N–H and O–H groups in total. The molecule has 0 aromatic heterocycles. The van der Waals surface area contributed by atoms with Gasteiger partial charge in [0.15, 0.2) is 0 Å². The summed E-state index contributed by atoms with van der Waals surface area (Å²) in [4.78, 5) is 0. The molecule has 0 rings (SSSR count). The van der Waals surface area contributed by atoms with Crippen LogP contribution in [0.15, 0.2) is 0 Å².